The van der Waals surface area contributed by atoms with Gasteiger partial charge < -0.3 is 14.2 Å². The van der Waals surface area contributed by atoms with Crippen LogP contribution in [0.25, 0.3) is 32.7 Å². The van der Waals surface area contributed by atoms with Gasteiger partial charge in [-0.25, -0.2) is 0 Å². The average molecular weight is 346 g/mol. The highest BCUT2D eigenvalue weighted by atomic mass is 16.5. The predicted molar refractivity (Wildman–Crippen MR) is 106 cm³/mol. The van der Waals surface area contributed by atoms with Crippen LogP contribution in [0, 0.1) is 0 Å². The number of aromatic nitrogens is 1. The van der Waals surface area contributed by atoms with E-state index in [1.165, 1.54) is 0 Å². The minimum atomic E-state index is -0.989. The first-order valence-corrected chi connectivity index (χ1v) is 8.69. The third-order valence-electron chi connectivity index (χ3n) is 5.25. The Morgan fingerprint density at radius 1 is 1.08 bits per heavy atom. The number of furan rings is 1. The maximum atomic E-state index is 10.3. The van der Waals surface area contributed by atoms with Crippen LogP contribution in [0.4, 0.5) is 0 Å². The number of rotatable bonds is 4. The molecule has 26 heavy (non-hydrogen) atoms. The summed E-state index contributed by atoms with van der Waals surface area (Å²) < 4.78 is 12.1. The van der Waals surface area contributed by atoms with Crippen molar-refractivity contribution in [2.45, 2.75) is 38.9 Å². The first-order valence-electron chi connectivity index (χ1n) is 8.69. The molecule has 0 saturated heterocycles. The Balaban J connectivity index is 1.91. The fourth-order valence-electron chi connectivity index (χ4n) is 2.95. The first-order chi connectivity index (χ1) is 12.3. The topological polar surface area (TPSA) is 55.5 Å². The Morgan fingerprint density at radius 2 is 1.85 bits per heavy atom. The lowest BCUT2D eigenvalue weighted by Crippen LogP contribution is -2.49. The van der Waals surface area contributed by atoms with Gasteiger partial charge in [0.15, 0.2) is 5.58 Å². The normalized spacial score (nSPS) is 13.0. The molecule has 4 aromatic rings. The third-order valence-corrected chi connectivity index (χ3v) is 5.25. The average Bonchev–Trinajstić information content (AvgIpc) is 2.98. The molecule has 0 aliphatic rings. The smallest absolute Gasteiger partial charge is 0.334 e. The van der Waals surface area contributed by atoms with Crippen molar-refractivity contribution in [3.63, 3.8) is 0 Å². The van der Waals surface area contributed by atoms with Gasteiger partial charge in [-0.3, -0.25) is 4.98 Å². The molecule has 0 spiro atoms. The van der Waals surface area contributed by atoms with Crippen LogP contribution in [0.15, 0.2) is 53.2 Å². The van der Waals surface area contributed by atoms with E-state index in [9.17, 15) is 5.11 Å². The molecule has 1 N–H and O–H groups in total. The lowest BCUT2D eigenvalue weighted by atomic mass is 9.81. The van der Waals surface area contributed by atoms with E-state index >= 15 is 0 Å². The highest BCUT2D eigenvalue weighted by Crippen LogP contribution is 2.33. The van der Waals surface area contributed by atoms with Crippen LogP contribution in [0.3, 0.4) is 0 Å². The van der Waals surface area contributed by atoms with Crippen LogP contribution >= 0.6 is 0 Å². The van der Waals surface area contributed by atoms with Gasteiger partial charge in [0.25, 0.3) is 0 Å². The monoisotopic (exact) mass is 346 g/mol. The van der Waals surface area contributed by atoms with Crippen molar-refractivity contribution in [2.24, 2.45) is 0 Å². The van der Waals surface area contributed by atoms with Gasteiger partial charge >= 0.3 is 7.48 Å². The molecule has 0 fully saturated rings. The Hall–Kier alpha value is -2.37. The van der Waals surface area contributed by atoms with Gasteiger partial charge in [0, 0.05) is 17.0 Å². The number of fused-ring (bicyclic) bond motifs is 5. The maximum Gasteiger partial charge on any atom is 0.334 e. The van der Waals surface area contributed by atoms with E-state index in [1.807, 2.05) is 38.1 Å². The number of hydrogen-bond acceptors (Lipinski definition) is 4. The van der Waals surface area contributed by atoms with E-state index in [-0.39, 0.29) is 0 Å². The van der Waals surface area contributed by atoms with E-state index in [2.05, 4.69) is 17.1 Å². The molecule has 5 heteroatoms. The number of nitrogens with zero attached hydrogens (tertiary/aromatic N) is 1. The number of benzene rings is 2. The molecule has 0 atom stereocenters. The summed E-state index contributed by atoms with van der Waals surface area (Å²) in [5, 5.41) is 14.7. The Labute approximate surface area is 153 Å². The predicted octanol–water partition coefficient (Wildman–Crippen LogP) is 3.94. The van der Waals surface area contributed by atoms with Crippen LogP contribution < -0.4 is 5.46 Å². The molecule has 4 nitrogen and oxygen atoms in total. The summed E-state index contributed by atoms with van der Waals surface area (Å²) in [6, 6.07) is 12.2. The quantitative estimate of drug-likeness (QED) is 0.569. The summed E-state index contributed by atoms with van der Waals surface area (Å²) in [5.74, 6) is 0. The van der Waals surface area contributed by atoms with E-state index in [4.69, 9.17) is 9.07 Å². The molecule has 0 aliphatic heterocycles. The fraction of sp³-hybridized carbons (Fsp3) is 0.286. The fourth-order valence-corrected chi connectivity index (χ4v) is 2.95. The Morgan fingerprint density at radius 3 is 2.62 bits per heavy atom. The molecular weight excluding hydrogens is 325 g/mol. The molecule has 2 aromatic heterocycles. The van der Waals surface area contributed by atoms with Crippen molar-refractivity contribution in [3.05, 3.63) is 48.8 Å². The second kappa shape index (κ2) is 5.83. The minimum absolute atomic E-state index is 0.746. The molecule has 2 aromatic carbocycles. The molecule has 4 rings (SSSR count). The zero-order chi connectivity index (χ0) is 18.5. The summed E-state index contributed by atoms with van der Waals surface area (Å²) in [7, 11) is 1.68. The van der Waals surface area contributed by atoms with Crippen LogP contribution in [0.1, 0.15) is 27.7 Å². The minimum Gasteiger partial charge on any atom is -0.455 e. The highest BCUT2D eigenvalue weighted by molar-refractivity contribution is 6.52. The van der Waals surface area contributed by atoms with Gasteiger partial charge in [-0.2, -0.15) is 0 Å². The summed E-state index contributed by atoms with van der Waals surface area (Å²) >= 11 is 0. The SMILES string of the molecule is CC(C)(O)C(C)(C)O[B]c1cc2ccccc2c2c1oc1cnccc12. The van der Waals surface area contributed by atoms with Crippen LogP contribution in [0.2, 0.25) is 0 Å². The van der Waals surface area contributed by atoms with Gasteiger partial charge in [-0.15, -0.1) is 0 Å². The number of hydrogen-bond donors (Lipinski definition) is 1. The standard InChI is InChI=1S/C21H21BNO3/c1-20(2,24)21(3,4)26-22-16-11-13-7-5-6-8-14(13)18-15-9-10-23-12-17(15)25-19(16)18/h5-12,24H,1-4H3. The summed E-state index contributed by atoms with van der Waals surface area (Å²) in [4.78, 5) is 4.17. The highest BCUT2D eigenvalue weighted by Gasteiger charge is 2.36. The van der Waals surface area contributed by atoms with Crippen LogP contribution in [-0.2, 0) is 4.65 Å². The number of aliphatic hydroxyl groups is 1. The van der Waals surface area contributed by atoms with E-state index in [0.717, 1.165) is 38.2 Å². The third kappa shape index (κ3) is 2.68. The van der Waals surface area contributed by atoms with Crippen molar-refractivity contribution in [2.75, 3.05) is 0 Å². The largest absolute Gasteiger partial charge is 0.455 e. The summed E-state index contributed by atoms with van der Waals surface area (Å²) in [6.07, 6.45) is 3.51. The van der Waals surface area contributed by atoms with E-state index < -0.39 is 11.2 Å². The molecule has 0 amide bonds. The summed E-state index contributed by atoms with van der Waals surface area (Å²) in [6.45, 7) is 7.21. The molecule has 2 heterocycles. The lowest BCUT2D eigenvalue weighted by molar-refractivity contribution is -0.0893. The Bertz CT molecular complexity index is 1110. The zero-order valence-corrected chi connectivity index (χ0v) is 15.4. The zero-order valence-electron chi connectivity index (χ0n) is 15.4. The van der Waals surface area contributed by atoms with E-state index in [0.29, 0.717) is 0 Å². The maximum absolute atomic E-state index is 10.3. The second-order valence-electron chi connectivity index (χ2n) is 7.67. The first kappa shape index (κ1) is 17.1. The molecule has 0 unspecified atom stereocenters. The van der Waals surface area contributed by atoms with Gasteiger partial charge in [0.05, 0.1) is 17.4 Å². The second-order valence-corrected chi connectivity index (χ2v) is 7.67. The Kier molecular flexibility index (Phi) is 3.83. The van der Waals surface area contributed by atoms with Gasteiger partial charge in [-0.05, 0) is 50.0 Å². The van der Waals surface area contributed by atoms with Crippen molar-refractivity contribution in [3.8, 4) is 0 Å². The van der Waals surface area contributed by atoms with Crippen molar-refractivity contribution >= 4 is 45.7 Å². The van der Waals surface area contributed by atoms with E-state index in [1.54, 1.807) is 33.7 Å². The van der Waals surface area contributed by atoms with Gasteiger partial charge in [0.2, 0.25) is 0 Å². The molecule has 0 bridgehead atoms. The van der Waals surface area contributed by atoms with Crippen LogP contribution in [0.5, 0.6) is 0 Å². The van der Waals surface area contributed by atoms with Crippen molar-refractivity contribution < 1.29 is 14.2 Å². The summed E-state index contributed by atoms with van der Waals surface area (Å²) in [5.41, 5.74) is 0.608. The number of pyridine rings is 1. The lowest BCUT2D eigenvalue weighted by Gasteiger charge is -2.37. The van der Waals surface area contributed by atoms with Crippen molar-refractivity contribution in [1.29, 1.82) is 0 Å². The molecular formula is C21H21BNO3. The van der Waals surface area contributed by atoms with Gasteiger partial charge in [0.1, 0.15) is 5.58 Å². The molecule has 131 valence electrons. The van der Waals surface area contributed by atoms with Crippen molar-refractivity contribution in [1.82, 2.24) is 4.98 Å². The van der Waals surface area contributed by atoms with Gasteiger partial charge in [-0.1, -0.05) is 30.3 Å². The molecule has 0 saturated carbocycles. The molecule has 0 aliphatic carbocycles. The van der Waals surface area contributed by atoms with Crippen LogP contribution in [-0.4, -0.2) is 28.8 Å². The molecule has 1 radical (unpaired) electrons.